The predicted octanol–water partition coefficient (Wildman–Crippen LogP) is 2.56. The first-order valence-corrected chi connectivity index (χ1v) is 5.25. The van der Waals surface area contributed by atoms with Gasteiger partial charge in [0.05, 0.1) is 0 Å². The number of hydrogen-bond donors (Lipinski definition) is 0. The van der Waals surface area contributed by atoms with Gasteiger partial charge in [-0.05, 0) is 0 Å². The van der Waals surface area contributed by atoms with Crippen LogP contribution < -0.4 is 4.90 Å². The van der Waals surface area contributed by atoms with E-state index >= 15 is 0 Å². The molecule has 0 saturated carbocycles. The highest BCUT2D eigenvalue weighted by Crippen LogP contribution is 2.24. The summed E-state index contributed by atoms with van der Waals surface area (Å²) < 4.78 is 0. The zero-order chi connectivity index (χ0) is 7.56. The smallest absolute Gasteiger partial charge is 0.121 e. The van der Waals surface area contributed by atoms with Crippen molar-refractivity contribution in [3.8, 4) is 0 Å². The van der Waals surface area contributed by atoms with Gasteiger partial charge in [0.1, 0.15) is 25.8 Å². The summed E-state index contributed by atoms with van der Waals surface area (Å²) in [5, 5.41) is 0. The zero-order valence-corrected chi connectivity index (χ0v) is 7.60. The molecule has 0 aliphatic rings. The van der Waals surface area contributed by atoms with Crippen LogP contribution in [0.3, 0.4) is 0 Å². The molecule has 0 bridgehead atoms. The molecule has 1 rings (SSSR count). The van der Waals surface area contributed by atoms with E-state index in [0.717, 1.165) is 0 Å². The van der Waals surface area contributed by atoms with Crippen LogP contribution in [-0.2, 0) is 6.66 Å². The third-order valence-electron chi connectivity index (χ3n) is 1.48. The second-order valence-electron chi connectivity index (χ2n) is 2.62. The van der Waals surface area contributed by atoms with Crippen molar-refractivity contribution in [3.63, 3.8) is 0 Å². The Morgan fingerprint density at radius 2 is 1.70 bits per heavy atom. The first-order chi connectivity index (χ1) is 4.70. The Morgan fingerprint density at radius 3 is 2.10 bits per heavy atom. The average molecular weight is 154 g/mol. The van der Waals surface area contributed by atoms with Crippen molar-refractivity contribution in [2.24, 2.45) is 6.66 Å². The molecule has 0 aliphatic carbocycles. The molecule has 0 fully saturated rings. The molecule has 0 N–H and O–H groups in total. The molecule has 2 heteroatoms. The number of nitrogens with zero attached hydrogens (tertiary/aromatic N) is 1. The Hall–Kier alpha value is -0.550. The molecule has 0 radical (unpaired) electrons. The highest BCUT2D eigenvalue weighted by Gasteiger charge is 1.97. The average Bonchev–Trinajstić information content (AvgIpc) is 1.88. The number of rotatable bonds is 1. The maximum atomic E-state index is 2.27. The minimum absolute atomic E-state index is 0.0484. The summed E-state index contributed by atoms with van der Waals surface area (Å²) in [6, 6.07) is 4.37. The minimum atomic E-state index is 0.0484. The molecule has 0 unspecified atom stereocenters. The lowest BCUT2D eigenvalue weighted by Gasteiger charge is -2.09. The monoisotopic (exact) mass is 154 g/mol. The van der Waals surface area contributed by atoms with Gasteiger partial charge in [-0.3, -0.25) is 0 Å². The first kappa shape index (κ1) is 7.56. The largest absolute Gasteiger partial charge is 0.377 e. The van der Waals surface area contributed by atoms with Crippen molar-refractivity contribution in [2.45, 2.75) is 0 Å². The van der Waals surface area contributed by atoms with E-state index in [1.54, 1.807) is 0 Å². The number of anilines is 1. The summed E-state index contributed by atoms with van der Waals surface area (Å²) in [5.41, 5.74) is 1.29. The normalized spacial score (nSPS) is 9.50. The molecule has 10 heavy (non-hydrogen) atoms. The van der Waals surface area contributed by atoms with Gasteiger partial charge in [0, 0.05) is 31.9 Å². The number of aryl methyl sites for hydroxylation is 1. The molecule has 1 aromatic rings. The molecular weight excluding hydrogens is 141 g/mol. The molecule has 1 aromatic heterocycles. The summed E-state index contributed by atoms with van der Waals surface area (Å²) in [5.74, 6) is 4.54. The Bertz CT molecular complexity index is 203. The van der Waals surface area contributed by atoms with Crippen molar-refractivity contribution < 1.29 is 0 Å². The van der Waals surface area contributed by atoms with Crippen LogP contribution in [0.4, 0.5) is 5.69 Å². The van der Waals surface area contributed by atoms with E-state index < -0.39 is 0 Å². The van der Waals surface area contributed by atoms with Gasteiger partial charge in [0.15, 0.2) is 0 Å². The standard InChI is InChI=1S/C8H13NP/c1-9(2)8-4-6-10(3)7-5-8/h4-7H,1-3H3/q+1. The molecule has 1 nitrogen and oxygen atoms in total. The van der Waals surface area contributed by atoms with E-state index in [1.165, 1.54) is 5.69 Å². The molecule has 0 aliphatic heterocycles. The van der Waals surface area contributed by atoms with Crippen molar-refractivity contribution in [1.29, 1.82) is 0 Å². The summed E-state index contributed by atoms with van der Waals surface area (Å²) in [7, 11) is 4.17. The Labute approximate surface area is 63.4 Å². The van der Waals surface area contributed by atoms with Gasteiger partial charge in [0.2, 0.25) is 0 Å². The van der Waals surface area contributed by atoms with E-state index in [4.69, 9.17) is 0 Å². The zero-order valence-electron chi connectivity index (χ0n) is 6.70. The van der Waals surface area contributed by atoms with Gasteiger partial charge in [-0.15, -0.1) is 0 Å². The van der Waals surface area contributed by atoms with Crippen LogP contribution in [-0.4, -0.2) is 14.1 Å². The molecular formula is C8H13NP+. The van der Waals surface area contributed by atoms with Crippen LogP contribution in [0.5, 0.6) is 0 Å². The van der Waals surface area contributed by atoms with Gasteiger partial charge in [-0.25, -0.2) is 0 Å². The predicted molar refractivity (Wildman–Crippen MR) is 48.9 cm³/mol. The maximum Gasteiger partial charge on any atom is 0.121 e. The summed E-state index contributed by atoms with van der Waals surface area (Å²) in [6.45, 7) is 2.24. The van der Waals surface area contributed by atoms with Crippen LogP contribution in [0.25, 0.3) is 0 Å². The van der Waals surface area contributed by atoms with Crippen molar-refractivity contribution in [3.05, 3.63) is 23.7 Å². The van der Waals surface area contributed by atoms with E-state index in [2.05, 4.69) is 49.4 Å². The van der Waals surface area contributed by atoms with Crippen LogP contribution >= 0.6 is 7.53 Å². The third-order valence-corrected chi connectivity index (χ3v) is 2.72. The van der Waals surface area contributed by atoms with Crippen molar-refractivity contribution in [1.82, 2.24) is 0 Å². The van der Waals surface area contributed by atoms with Crippen LogP contribution in [0.2, 0.25) is 0 Å². The van der Waals surface area contributed by atoms with Gasteiger partial charge in [-0.1, -0.05) is 0 Å². The second-order valence-corrected chi connectivity index (χ2v) is 4.54. The second kappa shape index (κ2) is 3.03. The van der Waals surface area contributed by atoms with Gasteiger partial charge in [-0.2, -0.15) is 0 Å². The number of hydrogen-bond acceptors (Lipinski definition) is 1. The highest BCUT2D eigenvalue weighted by molar-refractivity contribution is 7.46. The molecule has 0 atom stereocenters. The minimum Gasteiger partial charge on any atom is -0.377 e. The van der Waals surface area contributed by atoms with E-state index in [9.17, 15) is 0 Å². The summed E-state index contributed by atoms with van der Waals surface area (Å²) >= 11 is 0. The van der Waals surface area contributed by atoms with Crippen molar-refractivity contribution >= 4 is 13.2 Å². The van der Waals surface area contributed by atoms with Crippen molar-refractivity contribution in [2.75, 3.05) is 19.0 Å². The fraction of sp³-hybridized carbons (Fsp3) is 0.375. The van der Waals surface area contributed by atoms with Gasteiger partial charge < -0.3 is 4.90 Å². The highest BCUT2D eigenvalue weighted by atomic mass is 31.1. The molecule has 0 amide bonds. The van der Waals surface area contributed by atoms with E-state index in [1.807, 2.05) is 0 Å². The van der Waals surface area contributed by atoms with Gasteiger partial charge >= 0.3 is 0 Å². The quantitative estimate of drug-likeness (QED) is 0.600. The molecule has 0 saturated heterocycles. The summed E-state index contributed by atoms with van der Waals surface area (Å²) in [4.78, 5) is 2.12. The molecule has 0 spiro atoms. The SMILES string of the molecule is CN(C)c1cc[p+](C)cc1. The lowest BCUT2D eigenvalue weighted by molar-refractivity contribution is 1.13. The molecule has 1 heterocycles. The van der Waals surface area contributed by atoms with E-state index in [0.29, 0.717) is 0 Å². The Balaban J connectivity index is 2.89. The summed E-state index contributed by atoms with van der Waals surface area (Å²) in [6.07, 6.45) is 0. The molecule has 54 valence electrons. The van der Waals surface area contributed by atoms with E-state index in [-0.39, 0.29) is 7.53 Å². The lowest BCUT2D eigenvalue weighted by atomic mass is 10.4. The lowest BCUT2D eigenvalue weighted by Crippen LogP contribution is -2.07. The third kappa shape index (κ3) is 1.71. The molecule has 0 aromatic carbocycles. The fourth-order valence-electron chi connectivity index (χ4n) is 0.791. The Kier molecular flexibility index (Phi) is 2.29. The van der Waals surface area contributed by atoms with Crippen LogP contribution in [0, 0.1) is 0 Å². The topological polar surface area (TPSA) is 3.24 Å². The van der Waals surface area contributed by atoms with Crippen LogP contribution in [0.1, 0.15) is 0 Å². The van der Waals surface area contributed by atoms with Crippen LogP contribution in [0.15, 0.2) is 23.7 Å². The van der Waals surface area contributed by atoms with Gasteiger partial charge in [0.25, 0.3) is 0 Å². The maximum absolute atomic E-state index is 2.27. The fourth-order valence-corrected chi connectivity index (χ4v) is 1.67. The Morgan fingerprint density at radius 1 is 1.20 bits per heavy atom. The first-order valence-electron chi connectivity index (χ1n) is 3.33.